The maximum Gasteiger partial charge on any atom is 0.673 e. The largest absolute Gasteiger partial charge is 0.673 e. The minimum Gasteiger partial charge on any atom is -0.418 e. The smallest absolute Gasteiger partial charge is 0.418 e. The van der Waals surface area contributed by atoms with Crippen molar-refractivity contribution in [2.45, 2.75) is 6.92 Å². The van der Waals surface area contributed by atoms with Crippen LogP contribution in [0.2, 0.25) is 0 Å². The zero-order valence-corrected chi connectivity index (χ0v) is 5.69. The standard InChI is InChI=1S/C4H6N2.BF4/c1-4-5-2-3-6-4;2-1(3,4)5/h2-3H,1H3,(H,5,6);/q;-1. The molecule has 0 bridgehead atoms. The van der Waals surface area contributed by atoms with Crippen molar-refractivity contribution in [1.29, 1.82) is 0 Å². The lowest BCUT2D eigenvalue weighted by atomic mass is 10.3. The Balaban J connectivity index is 0.000000187. The highest BCUT2D eigenvalue weighted by atomic mass is 19.5. The normalized spacial score (nSPS) is 10.3. The molecule has 1 aromatic rings. The molecule has 0 amide bonds. The number of aryl methyl sites for hydroxylation is 1. The first-order valence-electron chi connectivity index (χ1n) is 2.73. The molecular formula is C4H6BF4N2-. The number of nitrogens with one attached hydrogen (secondary N) is 1. The zero-order chi connectivity index (χ0) is 8.91. The van der Waals surface area contributed by atoms with E-state index < -0.39 is 7.25 Å². The fraction of sp³-hybridized carbons (Fsp3) is 0.250. The summed E-state index contributed by atoms with van der Waals surface area (Å²) >= 11 is 0. The summed E-state index contributed by atoms with van der Waals surface area (Å²) in [5, 5.41) is 0. The quantitative estimate of drug-likeness (QED) is 0.466. The van der Waals surface area contributed by atoms with E-state index in [0.29, 0.717) is 0 Å². The number of nitrogens with zero attached hydrogens (tertiary/aromatic N) is 1. The van der Waals surface area contributed by atoms with Gasteiger partial charge in [-0.3, -0.25) is 0 Å². The van der Waals surface area contributed by atoms with Gasteiger partial charge < -0.3 is 22.2 Å². The topological polar surface area (TPSA) is 28.7 Å². The van der Waals surface area contributed by atoms with Crippen LogP contribution in [0.3, 0.4) is 0 Å². The first-order chi connectivity index (χ1) is 4.89. The Hall–Kier alpha value is -1.01. The van der Waals surface area contributed by atoms with Crippen LogP contribution in [-0.4, -0.2) is 17.2 Å². The van der Waals surface area contributed by atoms with Crippen molar-refractivity contribution < 1.29 is 17.3 Å². The van der Waals surface area contributed by atoms with E-state index in [0.717, 1.165) is 5.82 Å². The number of halogens is 4. The SMILES string of the molecule is Cc1ncc[nH]1.F[B-](F)(F)F. The second-order valence-electron chi connectivity index (χ2n) is 1.67. The maximum absolute atomic E-state index is 9.75. The molecule has 11 heavy (non-hydrogen) atoms. The number of H-pyrrole nitrogens is 1. The summed E-state index contributed by atoms with van der Waals surface area (Å²) in [5.41, 5.74) is 0. The summed E-state index contributed by atoms with van der Waals surface area (Å²) in [7, 11) is -6.00. The monoisotopic (exact) mass is 169 g/mol. The van der Waals surface area contributed by atoms with Crippen LogP contribution in [0.25, 0.3) is 0 Å². The van der Waals surface area contributed by atoms with Crippen molar-refractivity contribution in [1.82, 2.24) is 9.97 Å². The van der Waals surface area contributed by atoms with Crippen LogP contribution in [0.1, 0.15) is 5.82 Å². The molecule has 0 aliphatic carbocycles. The second kappa shape index (κ2) is 4.00. The highest BCUT2D eigenvalue weighted by molar-refractivity contribution is 6.50. The van der Waals surface area contributed by atoms with Gasteiger partial charge in [0.1, 0.15) is 5.82 Å². The van der Waals surface area contributed by atoms with E-state index in [-0.39, 0.29) is 0 Å². The highest BCUT2D eigenvalue weighted by Crippen LogP contribution is 2.06. The van der Waals surface area contributed by atoms with Crippen LogP contribution in [0.15, 0.2) is 12.4 Å². The van der Waals surface area contributed by atoms with E-state index in [1.54, 1.807) is 12.4 Å². The van der Waals surface area contributed by atoms with Crippen molar-refractivity contribution in [3.8, 4) is 0 Å². The van der Waals surface area contributed by atoms with Gasteiger partial charge in [0, 0.05) is 12.4 Å². The molecule has 1 heterocycles. The molecule has 1 N–H and O–H groups in total. The van der Waals surface area contributed by atoms with Crippen molar-refractivity contribution >= 4 is 7.25 Å². The van der Waals surface area contributed by atoms with Gasteiger partial charge in [0.15, 0.2) is 0 Å². The Labute approximate surface area is 60.7 Å². The highest BCUT2D eigenvalue weighted by Gasteiger charge is 2.20. The van der Waals surface area contributed by atoms with Crippen molar-refractivity contribution in [2.75, 3.05) is 0 Å². The molecule has 0 aliphatic rings. The molecule has 7 heteroatoms. The molecule has 0 spiro atoms. The number of aromatic nitrogens is 2. The third-order valence-corrected chi connectivity index (χ3v) is 0.635. The molecule has 1 rings (SSSR count). The lowest BCUT2D eigenvalue weighted by Crippen LogP contribution is -2.02. The summed E-state index contributed by atoms with van der Waals surface area (Å²) < 4.78 is 39.0. The van der Waals surface area contributed by atoms with E-state index in [4.69, 9.17) is 0 Å². The lowest BCUT2D eigenvalue weighted by molar-refractivity contribution is 0.368. The number of aromatic amines is 1. The van der Waals surface area contributed by atoms with Crippen LogP contribution in [0.4, 0.5) is 17.3 Å². The lowest BCUT2D eigenvalue weighted by Gasteiger charge is -1.94. The second-order valence-corrected chi connectivity index (χ2v) is 1.67. The van der Waals surface area contributed by atoms with E-state index >= 15 is 0 Å². The average Bonchev–Trinajstić information content (AvgIpc) is 2.12. The molecule has 0 radical (unpaired) electrons. The Bertz CT molecular complexity index is 176. The van der Waals surface area contributed by atoms with Gasteiger partial charge in [-0.25, -0.2) is 4.98 Å². The first kappa shape index (κ1) is 9.99. The Morgan fingerprint density at radius 3 is 1.91 bits per heavy atom. The molecule has 0 atom stereocenters. The van der Waals surface area contributed by atoms with Crippen LogP contribution in [0, 0.1) is 6.92 Å². The molecule has 64 valence electrons. The van der Waals surface area contributed by atoms with Gasteiger partial charge in [0.25, 0.3) is 0 Å². The molecule has 2 nitrogen and oxygen atoms in total. The van der Waals surface area contributed by atoms with Gasteiger partial charge in [-0.1, -0.05) is 0 Å². The van der Waals surface area contributed by atoms with Crippen molar-refractivity contribution in [3.05, 3.63) is 18.2 Å². The fourth-order valence-electron chi connectivity index (χ4n) is 0.344. The summed E-state index contributed by atoms with van der Waals surface area (Å²) in [6, 6.07) is 0. The fourth-order valence-corrected chi connectivity index (χ4v) is 0.344. The average molecular weight is 169 g/mol. The van der Waals surface area contributed by atoms with Crippen LogP contribution in [0.5, 0.6) is 0 Å². The maximum atomic E-state index is 9.75. The molecule has 1 aromatic heterocycles. The number of imidazole rings is 1. The van der Waals surface area contributed by atoms with Crippen molar-refractivity contribution in [2.24, 2.45) is 0 Å². The predicted octanol–water partition coefficient (Wildman–Crippen LogP) is 2.02. The Morgan fingerprint density at radius 2 is 1.82 bits per heavy atom. The van der Waals surface area contributed by atoms with Crippen molar-refractivity contribution in [3.63, 3.8) is 0 Å². The molecule has 0 fully saturated rings. The molecule has 0 aliphatic heterocycles. The van der Waals surface area contributed by atoms with Gasteiger partial charge in [0.2, 0.25) is 0 Å². The number of hydrogen-bond donors (Lipinski definition) is 1. The minimum absolute atomic E-state index is 0.968. The molecule has 0 saturated carbocycles. The van der Waals surface area contributed by atoms with E-state index in [1.807, 2.05) is 6.92 Å². The first-order valence-corrected chi connectivity index (χ1v) is 2.73. The zero-order valence-electron chi connectivity index (χ0n) is 5.69. The summed E-state index contributed by atoms with van der Waals surface area (Å²) in [5.74, 6) is 0.968. The van der Waals surface area contributed by atoms with Crippen LogP contribution >= 0.6 is 0 Å². The van der Waals surface area contributed by atoms with Gasteiger partial charge in [-0.2, -0.15) is 0 Å². The third-order valence-electron chi connectivity index (χ3n) is 0.635. The van der Waals surface area contributed by atoms with Crippen LogP contribution < -0.4 is 0 Å². The van der Waals surface area contributed by atoms with Crippen LogP contribution in [-0.2, 0) is 0 Å². The Kier molecular flexibility index (Phi) is 3.63. The predicted molar refractivity (Wildman–Crippen MR) is 33.5 cm³/mol. The van der Waals surface area contributed by atoms with Gasteiger partial charge >= 0.3 is 7.25 Å². The molecule has 0 saturated heterocycles. The van der Waals surface area contributed by atoms with Gasteiger partial charge in [-0.15, -0.1) is 0 Å². The minimum atomic E-state index is -6.00. The molecule has 0 aromatic carbocycles. The van der Waals surface area contributed by atoms with E-state index in [1.165, 1.54) is 0 Å². The van der Waals surface area contributed by atoms with Gasteiger partial charge in [-0.05, 0) is 6.92 Å². The number of rotatable bonds is 0. The third kappa shape index (κ3) is 12.2. The summed E-state index contributed by atoms with van der Waals surface area (Å²) in [4.78, 5) is 6.75. The van der Waals surface area contributed by atoms with E-state index in [2.05, 4.69) is 9.97 Å². The van der Waals surface area contributed by atoms with E-state index in [9.17, 15) is 17.3 Å². The number of hydrogen-bond acceptors (Lipinski definition) is 1. The molecule has 0 unspecified atom stereocenters. The summed E-state index contributed by atoms with van der Waals surface area (Å²) in [6.45, 7) is 1.92. The molecular weight excluding hydrogens is 163 g/mol. The Morgan fingerprint density at radius 1 is 1.36 bits per heavy atom. The summed E-state index contributed by atoms with van der Waals surface area (Å²) in [6.07, 6.45) is 3.53. The van der Waals surface area contributed by atoms with Gasteiger partial charge in [0.05, 0.1) is 0 Å².